The highest BCUT2D eigenvalue weighted by molar-refractivity contribution is 5.73. The largest absolute Gasteiger partial charge is 0.490 e. The number of halogens is 5. The smallest absolute Gasteiger partial charge is 0.475 e. The number of rotatable bonds is 4. The third-order valence-corrected chi connectivity index (χ3v) is 5.10. The van der Waals surface area contributed by atoms with Crippen molar-refractivity contribution in [1.29, 1.82) is 0 Å². The maximum Gasteiger partial charge on any atom is 0.490 e. The summed E-state index contributed by atoms with van der Waals surface area (Å²) in [6.07, 6.45) is -3.78. The summed E-state index contributed by atoms with van der Waals surface area (Å²) in [7, 11) is 1.75. The Morgan fingerprint density at radius 3 is 2.31 bits per heavy atom. The van der Waals surface area contributed by atoms with Gasteiger partial charge in [0.05, 0.1) is 11.9 Å². The van der Waals surface area contributed by atoms with Crippen LogP contribution in [0.25, 0.3) is 28.4 Å². The minimum absolute atomic E-state index is 0.158. The van der Waals surface area contributed by atoms with E-state index in [0.717, 1.165) is 12.5 Å². The number of carboxylic acids is 1. The van der Waals surface area contributed by atoms with Crippen molar-refractivity contribution < 1.29 is 37.0 Å². The van der Waals surface area contributed by atoms with Crippen molar-refractivity contribution in [3.8, 4) is 22.8 Å². The van der Waals surface area contributed by atoms with Crippen LogP contribution in [-0.2, 0) is 17.8 Å². The lowest BCUT2D eigenvalue weighted by Crippen LogP contribution is -2.28. The number of aliphatic hydroxyl groups excluding tert-OH is 1. The second kappa shape index (κ2) is 9.49. The van der Waals surface area contributed by atoms with Gasteiger partial charge in [-0.05, 0) is 31.5 Å². The lowest BCUT2D eigenvalue weighted by Gasteiger charge is -2.21. The van der Waals surface area contributed by atoms with E-state index in [4.69, 9.17) is 15.6 Å². The Bertz CT molecular complexity index is 1410. The average molecular weight is 513 g/mol. The predicted molar refractivity (Wildman–Crippen MR) is 117 cm³/mol. The number of anilines is 1. The summed E-state index contributed by atoms with van der Waals surface area (Å²) in [5.41, 5.74) is 8.47. The molecule has 1 atom stereocenters. The fraction of sp³-hybridized carbons (Fsp3) is 0.286. The highest BCUT2D eigenvalue weighted by Gasteiger charge is 2.38. The van der Waals surface area contributed by atoms with Gasteiger partial charge in [0.15, 0.2) is 17.3 Å². The molecule has 0 aliphatic rings. The minimum Gasteiger partial charge on any atom is -0.475 e. The molecule has 36 heavy (non-hydrogen) atoms. The molecule has 0 aliphatic carbocycles. The zero-order valence-corrected chi connectivity index (χ0v) is 19.0. The molecule has 0 saturated heterocycles. The van der Waals surface area contributed by atoms with Gasteiger partial charge < -0.3 is 15.9 Å². The molecule has 1 aromatic carbocycles. The number of hydrogen-bond donors (Lipinski definition) is 3. The molecule has 15 heteroatoms. The predicted octanol–water partition coefficient (Wildman–Crippen LogP) is 3.19. The Hall–Kier alpha value is -4.14. The Morgan fingerprint density at radius 2 is 1.78 bits per heavy atom. The normalized spacial score (nSPS) is 12.8. The number of hydrogen-bond acceptors (Lipinski definition) is 7. The van der Waals surface area contributed by atoms with E-state index < -0.39 is 24.2 Å². The topological polar surface area (TPSA) is 144 Å². The number of fused-ring (bicyclic) bond motifs is 1. The quantitative estimate of drug-likeness (QED) is 0.353. The first-order valence-corrected chi connectivity index (χ1v) is 10.1. The molecule has 1 unspecified atom stereocenters. The maximum atomic E-state index is 14.4. The highest BCUT2D eigenvalue weighted by Crippen LogP contribution is 2.36. The number of aliphatic carboxylic acids is 1. The number of nitrogen functional groups attached to an aromatic ring is 1. The third-order valence-electron chi connectivity index (χ3n) is 5.10. The van der Waals surface area contributed by atoms with E-state index in [9.17, 15) is 27.1 Å². The standard InChI is InChI=1S/C19H19F2N7O.C2HF3O2/c1-10-4-5-12(19(20,21)11(2)29)8-13(10)15-9-23-18-16(22)25-17(26-28(15)18)14-6-7-24-27(14)3;3-2(4,5)1(6)7/h4-9,11,29H,1-3H3,(H2,22,25,26);(H,6,7). The molecule has 4 N–H and O–H groups in total. The fourth-order valence-corrected chi connectivity index (χ4v) is 3.13. The summed E-state index contributed by atoms with van der Waals surface area (Å²) in [4.78, 5) is 17.4. The second-order valence-electron chi connectivity index (χ2n) is 7.67. The number of aryl methyl sites for hydroxylation is 2. The van der Waals surface area contributed by atoms with Crippen molar-refractivity contribution in [1.82, 2.24) is 29.4 Å². The van der Waals surface area contributed by atoms with Gasteiger partial charge in [0.1, 0.15) is 11.8 Å². The molecule has 4 rings (SSSR count). The molecule has 0 amide bonds. The van der Waals surface area contributed by atoms with Crippen LogP contribution in [0, 0.1) is 6.92 Å². The monoisotopic (exact) mass is 513 g/mol. The Morgan fingerprint density at radius 1 is 1.14 bits per heavy atom. The van der Waals surface area contributed by atoms with Crippen molar-refractivity contribution >= 4 is 17.4 Å². The van der Waals surface area contributed by atoms with Gasteiger partial charge in [0.2, 0.25) is 0 Å². The van der Waals surface area contributed by atoms with Crippen molar-refractivity contribution in [3.63, 3.8) is 0 Å². The van der Waals surface area contributed by atoms with Crippen molar-refractivity contribution in [2.24, 2.45) is 7.05 Å². The molecule has 0 radical (unpaired) electrons. The van der Waals surface area contributed by atoms with Crippen LogP contribution >= 0.6 is 0 Å². The first-order chi connectivity index (χ1) is 16.6. The SMILES string of the molecule is Cc1ccc(C(F)(F)C(C)O)cc1-c1cnc2c(N)nc(-c3ccnn3C)nn12.O=C(O)C(F)(F)F. The molecule has 0 bridgehead atoms. The zero-order valence-electron chi connectivity index (χ0n) is 19.0. The van der Waals surface area contributed by atoms with E-state index >= 15 is 0 Å². The number of carbonyl (C=O) groups is 1. The van der Waals surface area contributed by atoms with Crippen LogP contribution in [0.2, 0.25) is 0 Å². The van der Waals surface area contributed by atoms with Crippen molar-refractivity contribution in [2.45, 2.75) is 32.1 Å². The highest BCUT2D eigenvalue weighted by atomic mass is 19.4. The van der Waals surface area contributed by atoms with E-state index in [1.807, 2.05) is 0 Å². The molecular weight excluding hydrogens is 493 g/mol. The van der Waals surface area contributed by atoms with Crippen LogP contribution in [0.3, 0.4) is 0 Å². The number of aliphatic hydroxyl groups is 1. The summed E-state index contributed by atoms with van der Waals surface area (Å²) in [6, 6.07) is 5.96. The molecule has 0 saturated carbocycles. The summed E-state index contributed by atoms with van der Waals surface area (Å²) < 4.78 is 63.6. The Balaban J connectivity index is 0.000000454. The Kier molecular flexibility index (Phi) is 6.97. The molecule has 3 heterocycles. The van der Waals surface area contributed by atoms with Crippen LogP contribution in [0.5, 0.6) is 0 Å². The summed E-state index contributed by atoms with van der Waals surface area (Å²) in [6.45, 7) is 2.85. The van der Waals surface area contributed by atoms with E-state index in [1.54, 1.807) is 37.0 Å². The van der Waals surface area contributed by atoms with Gasteiger partial charge in [0.25, 0.3) is 5.92 Å². The van der Waals surface area contributed by atoms with Gasteiger partial charge in [-0.25, -0.2) is 19.3 Å². The van der Waals surface area contributed by atoms with E-state index in [-0.39, 0.29) is 11.4 Å². The van der Waals surface area contributed by atoms with Crippen LogP contribution < -0.4 is 5.73 Å². The summed E-state index contributed by atoms with van der Waals surface area (Å²) in [5, 5.41) is 25.2. The number of alkyl halides is 5. The van der Waals surface area contributed by atoms with E-state index in [1.165, 1.54) is 22.8 Å². The summed E-state index contributed by atoms with van der Waals surface area (Å²) in [5.74, 6) is -5.66. The van der Waals surface area contributed by atoms with Crippen LogP contribution in [0.15, 0.2) is 36.7 Å². The maximum absolute atomic E-state index is 14.4. The van der Waals surface area contributed by atoms with Crippen molar-refractivity contribution in [2.75, 3.05) is 5.73 Å². The van der Waals surface area contributed by atoms with Gasteiger partial charge >= 0.3 is 12.1 Å². The van der Waals surface area contributed by atoms with Crippen LogP contribution in [-0.4, -0.2) is 57.8 Å². The number of nitrogens with two attached hydrogens (primary N) is 1. The van der Waals surface area contributed by atoms with Gasteiger partial charge in [0, 0.05) is 24.4 Å². The number of benzene rings is 1. The number of aromatic nitrogens is 6. The molecule has 10 nitrogen and oxygen atoms in total. The lowest BCUT2D eigenvalue weighted by atomic mass is 9.97. The molecule has 0 aliphatic heterocycles. The van der Waals surface area contributed by atoms with Crippen LogP contribution in [0.1, 0.15) is 18.1 Å². The fourth-order valence-electron chi connectivity index (χ4n) is 3.13. The van der Waals surface area contributed by atoms with Gasteiger partial charge in [-0.2, -0.15) is 27.1 Å². The third kappa shape index (κ3) is 5.10. The number of imidazole rings is 1. The van der Waals surface area contributed by atoms with Crippen LogP contribution in [0.4, 0.5) is 27.8 Å². The Labute approximate surface area is 199 Å². The second-order valence-corrected chi connectivity index (χ2v) is 7.67. The molecule has 192 valence electrons. The average Bonchev–Trinajstić information content (AvgIpc) is 3.40. The molecule has 0 spiro atoms. The van der Waals surface area contributed by atoms with Crippen molar-refractivity contribution in [3.05, 3.63) is 47.8 Å². The van der Waals surface area contributed by atoms with Gasteiger partial charge in [-0.3, -0.25) is 4.68 Å². The van der Waals surface area contributed by atoms with Gasteiger partial charge in [-0.1, -0.05) is 12.1 Å². The summed E-state index contributed by atoms with van der Waals surface area (Å²) >= 11 is 0. The van der Waals surface area contributed by atoms with Gasteiger partial charge in [-0.15, -0.1) is 5.10 Å². The first kappa shape index (κ1) is 26.5. The molecule has 4 aromatic rings. The lowest BCUT2D eigenvalue weighted by molar-refractivity contribution is -0.192. The molecule has 0 fully saturated rings. The number of nitrogens with zero attached hydrogens (tertiary/aromatic N) is 6. The minimum atomic E-state index is -5.08. The molecule has 3 aromatic heterocycles. The molecular formula is C21H20F5N7O3. The first-order valence-electron chi connectivity index (χ1n) is 10.1. The van der Waals surface area contributed by atoms with E-state index in [0.29, 0.717) is 28.4 Å². The van der Waals surface area contributed by atoms with E-state index in [2.05, 4.69) is 20.2 Å². The zero-order chi connectivity index (χ0) is 27.0. The number of carboxylic acid groups (broad SMARTS) is 1.